The topological polar surface area (TPSA) is 94.3 Å². The zero-order chi connectivity index (χ0) is 29.4. The van der Waals surface area contributed by atoms with Crippen molar-refractivity contribution in [3.05, 3.63) is 101 Å². The molecule has 0 atom stereocenters. The molecule has 2 aromatic heterocycles. The average Bonchev–Trinajstić information content (AvgIpc) is 3.26. The normalized spacial score (nSPS) is 12.0. The molecule has 0 fully saturated rings. The molecule has 0 radical (unpaired) electrons. The van der Waals surface area contributed by atoms with Crippen LogP contribution in [0, 0.1) is 13.8 Å². The molecule has 0 aliphatic rings. The Labute approximate surface area is 235 Å². The van der Waals surface area contributed by atoms with Crippen molar-refractivity contribution in [2.24, 2.45) is 0 Å². The van der Waals surface area contributed by atoms with Gasteiger partial charge in [0.05, 0.1) is 21.7 Å². The third-order valence-electron chi connectivity index (χ3n) is 6.73. The number of aryl methyl sites for hydroxylation is 2. The number of ether oxygens (including phenoxy) is 1. The summed E-state index contributed by atoms with van der Waals surface area (Å²) >= 11 is 0. The van der Waals surface area contributed by atoms with Gasteiger partial charge in [0.2, 0.25) is 5.88 Å². The van der Waals surface area contributed by atoms with Crippen molar-refractivity contribution >= 4 is 26.8 Å². The first-order chi connectivity index (χ1) is 19.5. The van der Waals surface area contributed by atoms with Crippen LogP contribution in [0.5, 0.6) is 5.75 Å². The van der Waals surface area contributed by atoms with E-state index >= 15 is 0 Å². The predicted octanol–water partition coefficient (Wildman–Crippen LogP) is 7.47. The molecule has 5 rings (SSSR count). The lowest BCUT2D eigenvalue weighted by Gasteiger charge is -2.18. The molecule has 2 heterocycles. The highest BCUT2D eigenvalue weighted by molar-refractivity contribution is 7.92. The summed E-state index contributed by atoms with van der Waals surface area (Å²) in [4.78, 5) is 4.23. The van der Waals surface area contributed by atoms with E-state index in [-0.39, 0.29) is 34.1 Å². The van der Waals surface area contributed by atoms with Gasteiger partial charge < -0.3 is 9.26 Å². The number of rotatable bonds is 8. The number of anilines is 1. The Kier molecular flexibility index (Phi) is 7.48. The number of para-hydroxylation sites is 1. The molecule has 0 aliphatic carbocycles. The van der Waals surface area contributed by atoms with Crippen molar-refractivity contribution < 1.29 is 30.8 Å². The van der Waals surface area contributed by atoms with E-state index in [2.05, 4.69) is 14.9 Å². The summed E-state index contributed by atoms with van der Waals surface area (Å²) in [7, 11) is -4.33. The van der Waals surface area contributed by atoms with Crippen molar-refractivity contribution in [3.8, 4) is 16.9 Å². The van der Waals surface area contributed by atoms with E-state index in [1.807, 2.05) is 31.2 Å². The number of fused-ring (bicyclic) bond motifs is 1. The molecule has 11 heteroatoms. The Morgan fingerprint density at radius 2 is 1.68 bits per heavy atom. The summed E-state index contributed by atoms with van der Waals surface area (Å²) in [6.45, 7) is 5.09. The quantitative estimate of drug-likeness (QED) is 0.204. The van der Waals surface area contributed by atoms with Crippen molar-refractivity contribution in [1.29, 1.82) is 0 Å². The molecular formula is C30H26F3N3O4S. The number of halogens is 3. The highest BCUT2D eigenvalue weighted by atomic mass is 32.2. The number of benzene rings is 3. The summed E-state index contributed by atoms with van der Waals surface area (Å²) in [6.07, 6.45) is -4.10. The minimum atomic E-state index is -4.77. The Morgan fingerprint density at radius 1 is 0.951 bits per heavy atom. The number of alkyl halides is 3. The van der Waals surface area contributed by atoms with Crippen LogP contribution in [0.25, 0.3) is 22.0 Å². The van der Waals surface area contributed by atoms with Crippen LogP contribution >= 0.6 is 0 Å². The standard InChI is InChI=1S/C30H26F3N3O4S/c1-4-21-16-27(24-10-5-7-11-26(24)34-21)39-17-20-13-14-22(25(15-20)30(31,32)33)23-9-6-8-12-28(23)41(37,38)36-29-18(2)19(3)35-40-29/h5-16,36H,4,17H2,1-3H3. The third kappa shape index (κ3) is 5.76. The van der Waals surface area contributed by atoms with Crippen LogP contribution in [0.4, 0.5) is 19.1 Å². The van der Waals surface area contributed by atoms with Gasteiger partial charge in [0, 0.05) is 28.3 Å². The maximum absolute atomic E-state index is 14.4. The van der Waals surface area contributed by atoms with E-state index in [4.69, 9.17) is 9.26 Å². The van der Waals surface area contributed by atoms with E-state index in [0.29, 0.717) is 23.4 Å². The molecular weight excluding hydrogens is 555 g/mol. The Hall–Kier alpha value is -4.38. The number of pyridine rings is 1. The van der Waals surface area contributed by atoms with Crippen molar-refractivity contribution in [1.82, 2.24) is 10.1 Å². The molecule has 0 amide bonds. The molecule has 41 heavy (non-hydrogen) atoms. The Balaban J connectivity index is 1.52. The molecule has 0 saturated heterocycles. The molecule has 0 spiro atoms. The monoisotopic (exact) mass is 581 g/mol. The maximum Gasteiger partial charge on any atom is 0.417 e. The smallest absolute Gasteiger partial charge is 0.417 e. The molecule has 7 nitrogen and oxygen atoms in total. The lowest BCUT2D eigenvalue weighted by Crippen LogP contribution is -2.15. The fourth-order valence-corrected chi connectivity index (χ4v) is 5.69. The number of hydrogen-bond acceptors (Lipinski definition) is 6. The van der Waals surface area contributed by atoms with Gasteiger partial charge in [-0.05, 0) is 55.7 Å². The van der Waals surface area contributed by atoms with Gasteiger partial charge in [0.25, 0.3) is 10.0 Å². The number of nitrogens with one attached hydrogen (secondary N) is 1. The summed E-state index contributed by atoms with van der Waals surface area (Å²) < 4.78 is 83.1. The molecule has 5 aromatic rings. The Bertz CT molecular complexity index is 1850. The van der Waals surface area contributed by atoms with Crippen molar-refractivity contribution in [2.45, 2.75) is 44.9 Å². The largest absolute Gasteiger partial charge is 0.488 e. The molecule has 1 N–H and O–H groups in total. The molecule has 212 valence electrons. The molecule has 0 bridgehead atoms. The van der Waals surface area contributed by atoms with Crippen LogP contribution in [0.3, 0.4) is 0 Å². The highest BCUT2D eigenvalue weighted by Crippen LogP contribution is 2.40. The van der Waals surface area contributed by atoms with E-state index in [1.165, 1.54) is 36.4 Å². The first kappa shape index (κ1) is 28.2. The zero-order valence-corrected chi connectivity index (χ0v) is 23.2. The van der Waals surface area contributed by atoms with Gasteiger partial charge >= 0.3 is 6.18 Å². The van der Waals surface area contributed by atoms with Crippen molar-refractivity contribution in [2.75, 3.05) is 4.72 Å². The summed E-state index contributed by atoms with van der Waals surface area (Å²) in [6, 6.07) is 18.4. The van der Waals surface area contributed by atoms with Gasteiger partial charge in [-0.1, -0.05) is 54.5 Å². The maximum atomic E-state index is 14.4. The van der Waals surface area contributed by atoms with Gasteiger partial charge in [0.1, 0.15) is 12.4 Å². The SMILES string of the molecule is CCc1cc(OCc2ccc(-c3ccccc3S(=O)(=O)Nc3onc(C)c3C)c(C(F)(F)F)c2)c2ccccc2n1. The second-order valence-electron chi connectivity index (χ2n) is 9.47. The van der Waals surface area contributed by atoms with E-state index in [0.717, 1.165) is 22.7 Å². The minimum absolute atomic E-state index is 0.101. The van der Waals surface area contributed by atoms with Gasteiger partial charge in [0.15, 0.2) is 0 Å². The summed E-state index contributed by atoms with van der Waals surface area (Å²) in [5.41, 5.74) is 1.38. The van der Waals surface area contributed by atoms with Gasteiger partial charge in [-0.15, -0.1) is 0 Å². The molecule has 0 unspecified atom stereocenters. The number of hydrogen-bond donors (Lipinski definition) is 1. The zero-order valence-electron chi connectivity index (χ0n) is 22.4. The molecule has 0 saturated carbocycles. The molecule has 0 aliphatic heterocycles. The van der Waals surface area contributed by atoms with E-state index in [9.17, 15) is 21.6 Å². The van der Waals surface area contributed by atoms with Crippen LogP contribution in [0.1, 0.15) is 35.0 Å². The summed E-state index contributed by atoms with van der Waals surface area (Å²) in [5, 5.41) is 4.48. The second kappa shape index (κ2) is 10.9. The van der Waals surface area contributed by atoms with E-state index in [1.54, 1.807) is 19.9 Å². The number of aromatic nitrogens is 2. The lowest BCUT2D eigenvalue weighted by atomic mass is 9.97. The van der Waals surface area contributed by atoms with E-state index < -0.39 is 21.8 Å². The van der Waals surface area contributed by atoms with Crippen LogP contribution in [0.2, 0.25) is 0 Å². The highest BCUT2D eigenvalue weighted by Gasteiger charge is 2.35. The third-order valence-corrected chi connectivity index (χ3v) is 8.12. The first-order valence-electron chi connectivity index (χ1n) is 12.7. The van der Waals surface area contributed by atoms with Gasteiger partial charge in [-0.3, -0.25) is 4.98 Å². The van der Waals surface area contributed by atoms with Gasteiger partial charge in [-0.2, -0.15) is 13.2 Å². The fraction of sp³-hybridized carbons (Fsp3) is 0.200. The summed E-state index contributed by atoms with van der Waals surface area (Å²) in [5.74, 6) is 0.418. The lowest BCUT2D eigenvalue weighted by molar-refractivity contribution is -0.137. The minimum Gasteiger partial charge on any atom is -0.488 e. The number of sulfonamides is 1. The van der Waals surface area contributed by atoms with Gasteiger partial charge in [-0.25, -0.2) is 13.1 Å². The van der Waals surface area contributed by atoms with Crippen LogP contribution in [-0.4, -0.2) is 18.6 Å². The number of nitrogens with zero attached hydrogens (tertiary/aromatic N) is 2. The van der Waals surface area contributed by atoms with Crippen LogP contribution in [0.15, 0.2) is 82.2 Å². The van der Waals surface area contributed by atoms with Crippen LogP contribution < -0.4 is 9.46 Å². The average molecular weight is 582 g/mol. The molecule has 3 aromatic carbocycles. The fourth-order valence-electron chi connectivity index (χ4n) is 4.42. The second-order valence-corrected chi connectivity index (χ2v) is 11.1. The Morgan fingerprint density at radius 3 is 2.39 bits per heavy atom. The van der Waals surface area contributed by atoms with Crippen molar-refractivity contribution in [3.63, 3.8) is 0 Å². The first-order valence-corrected chi connectivity index (χ1v) is 14.2. The predicted molar refractivity (Wildman–Crippen MR) is 149 cm³/mol. The van der Waals surface area contributed by atoms with Crippen LogP contribution in [-0.2, 0) is 29.2 Å².